The van der Waals surface area contributed by atoms with E-state index in [1.807, 2.05) is 6.92 Å². The Hall–Kier alpha value is -2.32. The summed E-state index contributed by atoms with van der Waals surface area (Å²) in [5.74, 6) is 5.01. The Bertz CT molecular complexity index is 553. The van der Waals surface area contributed by atoms with Crippen LogP contribution in [0, 0.1) is 11.8 Å². The highest BCUT2D eigenvalue weighted by atomic mass is 16.2. The highest BCUT2D eigenvalue weighted by Crippen LogP contribution is 2.07. The van der Waals surface area contributed by atoms with E-state index >= 15 is 0 Å². The van der Waals surface area contributed by atoms with E-state index in [4.69, 9.17) is 5.11 Å². The van der Waals surface area contributed by atoms with Gasteiger partial charge in [-0.2, -0.15) is 0 Å². The Morgan fingerprint density at radius 1 is 1.19 bits per heavy atom. The molecule has 5 nitrogen and oxygen atoms in total. The number of aliphatic hydroxyl groups excluding tert-OH is 1. The van der Waals surface area contributed by atoms with Gasteiger partial charge in [-0.3, -0.25) is 9.59 Å². The van der Waals surface area contributed by atoms with Gasteiger partial charge in [-0.05, 0) is 31.2 Å². The number of hydrogen-bond acceptors (Lipinski definition) is 3. The van der Waals surface area contributed by atoms with E-state index in [9.17, 15) is 9.59 Å². The molecule has 1 aromatic rings. The van der Waals surface area contributed by atoms with Crippen molar-refractivity contribution in [2.75, 3.05) is 33.8 Å². The Labute approximate surface area is 125 Å². The van der Waals surface area contributed by atoms with Crippen LogP contribution >= 0.6 is 0 Å². The molecule has 0 saturated heterocycles. The second kappa shape index (κ2) is 8.08. The minimum atomic E-state index is -0.197. The topological polar surface area (TPSA) is 60.9 Å². The zero-order valence-electron chi connectivity index (χ0n) is 12.6. The van der Waals surface area contributed by atoms with E-state index in [-0.39, 0.29) is 25.0 Å². The fraction of sp³-hybridized carbons (Fsp3) is 0.375. The summed E-state index contributed by atoms with van der Waals surface area (Å²) in [4.78, 5) is 27.0. The zero-order chi connectivity index (χ0) is 15.8. The van der Waals surface area contributed by atoms with Crippen LogP contribution in [0.1, 0.15) is 22.8 Å². The van der Waals surface area contributed by atoms with Crippen molar-refractivity contribution in [2.45, 2.75) is 6.92 Å². The number of nitrogens with zero attached hydrogens (tertiary/aromatic N) is 2. The van der Waals surface area contributed by atoms with Gasteiger partial charge in [0.25, 0.3) is 5.91 Å². The Morgan fingerprint density at radius 2 is 1.81 bits per heavy atom. The summed E-state index contributed by atoms with van der Waals surface area (Å²) >= 11 is 0. The smallest absolute Gasteiger partial charge is 0.254 e. The largest absolute Gasteiger partial charge is 0.384 e. The summed E-state index contributed by atoms with van der Waals surface area (Å²) in [6, 6.07) is 6.79. The number of likely N-dealkylation sites (N-methyl/N-ethyl adjacent to an activating group) is 2. The molecule has 0 spiro atoms. The van der Waals surface area contributed by atoms with Gasteiger partial charge < -0.3 is 14.9 Å². The summed E-state index contributed by atoms with van der Waals surface area (Å²) in [6.07, 6.45) is 0. The first-order chi connectivity index (χ1) is 9.99. The summed E-state index contributed by atoms with van der Waals surface area (Å²) < 4.78 is 0. The summed E-state index contributed by atoms with van der Waals surface area (Å²) in [6.45, 7) is 2.16. The summed E-state index contributed by atoms with van der Waals surface area (Å²) in [5, 5.41) is 8.63. The number of rotatable bonds is 4. The molecule has 0 aromatic heterocycles. The van der Waals surface area contributed by atoms with Crippen LogP contribution in [0.15, 0.2) is 24.3 Å². The van der Waals surface area contributed by atoms with E-state index in [2.05, 4.69) is 11.8 Å². The lowest BCUT2D eigenvalue weighted by Gasteiger charge is -2.22. The van der Waals surface area contributed by atoms with Crippen molar-refractivity contribution in [1.29, 1.82) is 0 Å². The molecule has 0 aliphatic carbocycles. The van der Waals surface area contributed by atoms with Crippen LogP contribution in [0.2, 0.25) is 0 Å². The SMILES string of the molecule is CCN(CC(=O)N(C)C)C(=O)c1ccc(C#CCO)cc1. The van der Waals surface area contributed by atoms with Crippen molar-refractivity contribution in [1.82, 2.24) is 9.80 Å². The van der Waals surface area contributed by atoms with Gasteiger partial charge in [-0.15, -0.1) is 0 Å². The predicted molar refractivity (Wildman–Crippen MR) is 80.7 cm³/mol. The monoisotopic (exact) mass is 288 g/mol. The molecule has 0 atom stereocenters. The van der Waals surface area contributed by atoms with Gasteiger partial charge in [0.1, 0.15) is 6.61 Å². The lowest BCUT2D eigenvalue weighted by Crippen LogP contribution is -2.40. The third kappa shape index (κ3) is 4.93. The maximum absolute atomic E-state index is 12.3. The van der Waals surface area contributed by atoms with Crippen LogP contribution in [0.4, 0.5) is 0 Å². The van der Waals surface area contributed by atoms with E-state index in [1.165, 1.54) is 9.80 Å². The molecular weight excluding hydrogens is 268 g/mol. The zero-order valence-corrected chi connectivity index (χ0v) is 12.6. The van der Waals surface area contributed by atoms with Crippen LogP contribution < -0.4 is 0 Å². The number of carbonyl (C=O) groups excluding carboxylic acids is 2. The number of benzene rings is 1. The van der Waals surface area contributed by atoms with Crippen molar-refractivity contribution in [3.05, 3.63) is 35.4 Å². The molecular formula is C16H20N2O3. The third-order valence-electron chi connectivity index (χ3n) is 2.94. The minimum absolute atomic E-state index is 0.0639. The lowest BCUT2D eigenvalue weighted by molar-refractivity contribution is -0.129. The Balaban J connectivity index is 2.83. The maximum Gasteiger partial charge on any atom is 0.254 e. The fourth-order valence-corrected chi connectivity index (χ4v) is 1.65. The van der Waals surface area contributed by atoms with Gasteiger partial charge in [0.15, 0.2) is 0 Å². The normalized spacial score (nSPS) is 9.52. The van der Waals surface area contributed by atoms with Crippen molar-refractivity contribution in [2.24, 2.45) is 0 Å². The van der Waals surface area contributed by atoms with Crippen molar-refractivity contribution in [3.8, 4) is 11.8 Å². The molecule has 112 valence electrons. The highest BCUT2D eigenvalue weighted by Gasteiger charge is 2.17. The van der Waals surface area contributed by atoms with Gasteiger partial charge in [0.05, 0.1) is 6.54 Å². The first-order valence-electron chi connectivity index (χ1n) is 6.68. The maximum atomic E-state index is 12.3. The molecule has 0 bridgehead atoms. The molecule has 1 N–H and O–H groups in total. The van der Waals surface area contributed by atoms with Gasteiger partial charge in [-0.25, -0.2) is 0 Å². The molecule has 0 fully saturated rings. The van der Waals surface area contributed by atoms with Crippen LogP contribution in [-0.2, 0) is 4.79 Å². The number of hydrogen-bond donors (Lipinski definition) is 1. The molecule has 1 rings (SSSR count). The molecule has 5 heteroatoms. The molecule has 21 heavy (non-hydrogen) atoms. The predicted octanol–water partition coefficient (Wildman–Crippen LogP) is 0.581. The first-order valence-corrected chi connectivity index (χ1v) is 6.68. The fourth-order valence-electron chi connectivity index (χ4n) is 1.65. The molecule has 0 unspecified atom stereocenters. The van der Waals surface area contributed by atoms with Crippen LogP contribution in [0.5, 0.6) is 0 Å². The molecule has 1 aromatic carbocycles. The number of aliphatic hydroxyl groups is 1. The van der Waals surface area contributed by atoms with Crippen LogP contribution in [0.25, 0.3) is 0 Å². The third-order valence-corrected chi connectivity index (χ3v) is 2.94. The molecule has 2 amide bonds. The minimum Gasteiger partial charge on any atom is -0.384 e. The van der Waals surface area contributed by atoms with Crippen molar-refractivity contribution < 1.29 is 14.7 Å². The van der Waals surface area contributed by atoms with E-state index in [1.54, 1.807) is 38.4 Å². The van der Waals surface area contributed by atoms with Gasteiger partial charge in [0.2, 0.25) is 5.91 Å². The quantitative estimate of drug-likeness (QED) is 0.825. The summed E-state index contributed by atoms with van der Waals surface area (Å²) in [7, 11) is 3.32. The van der Waals surface area contributed by atoms with Crippen LogP contribution in [-0.4, -0.2) is 60.5 Å². The van der Waals surface area contributed by atoms with E-state index in [0.717, 1.165) is 5.56 Å². The molecule has 0 radical (unpaired) electrons. The van der Waals surface area contributed by atoms with Crippen molar-refractivity contribution in [3.63, 3.8) is 0 Å². The van der Waals surface area contributed by atoms with E-state index in [0.29, 0.717) is 12.1 Å². The second-order valence-corrected chi connectivity index (χ2v) is 4.64. The van der Waals surface area contributed by atoms with Crippen LogP contribution in [0.3, 0.4) is 0 Å². The number of amides is 2. The molecule has 0 saturated carbocycles. The van der Waals surface area contributed by atoms with Crippen molar-refractivity contribution >= 4 is 11.8 Å². The summed E-state index contributed by atoms with van der Waals surface area (Å²) in [5.41, 5.74) is 1.24. The number of carbonyl (C=O) groups is 2. The van der Waals surface area contributed by atoms with Gasteiger partial charge in [-0.1, -0.05) is 11.8 Å². The first kappa shape index (κ1) is 16.7. The standard InChI is InChI=1S/C16H20N2O3/c1-4-18(12-15(20)17(2)3)16(21)14-9-7-13(8-10-14)6-5-11-19/h7-10,19H,4,11-12H2,1-3H3. The highest BCUT2D eigenvalue weighted by molar-refractivity contribution is 5.96. The molecule has 0 heterocycles. The molecule has 0 aliphatic heterocycles. The lowest BCUT2D eigenvalue weighted by atomic mass is 10.1. The average Bonchev–Trinajstić information content (AvgIpc) is 2.50. The molecule has 0 aliphatic rings. The second-order valence-electron chi connectivity index (χ2n) is 4.64. The van der Waals surface area contributed by atoms with Gasteiger partial charge in [0, 0.05) is 31.8 Å². The Morgan fingerprint density at radius 3 is 2.29 bits per heavy atom. The van der Waals surface area contributed by atoms with E-state index < -0.39 is 0 Å². The Kier molecular flexibility index (Phi) is 6.44. The van der Waals surface area contributed by atoms with Gasteiger partial charge >= 0.3 is 0 Å². The average molecular weight is 288 g/mol.